The van der Waals surface area contributed by atoms with E-state index in [1.807, 2.05) is 74.3 Å². The molecule has 8 atom stereocenters. The standard InChI is InChI=1S/C72H93N15O11S/c1-43(2)59(80-56(88)24-30-98-31-28-85-57(89)32-44(3)65(85)94)64(93)77-53(16-11-26-74-67(73)97)63(92)76-48-20-18-47(19-21-48)34-87(8,35-58(90)91)29-13-25-71-37-69(6)36-70(7,38-71)40-72(39-69,41-71)42-86-46(5)51(33-75-86)50-22-23-55(79-60(50)66(95)96)84-27-12-14-49-45(4)61(82-83-62(49)84)81-68-78-52-15-9-10-17-54(52)99-68/h9-10,15,17-23,33,43-44,53,59H,11-14,16,24-32,34-42H2,1-8H3,(H8-,73,74,76,77,78,80,81,82,88,90,91,92,93,95,96,97)/p+1/t44?,53-,59-,69-,70+,71?,72?,87?/m0/s1. The summed E-state index contributed by atoms with van der Waals surface area (Å²) in [7, 11) is 1.98. The van der Waals surface area contributed by atoms with Gasteiger partial charge in [0.15, 0.2) is 29.0 Å². The van der Waals surface area contributed by atoms with Crippen molar-refractivity contribution in [3.63, 3.8) is 0 Å². The molecular formula is C72H94N15O11S+. The van der Waals surface area contributed by atoms with Crippen LogP contribution in [0.1, 0.15) is 151 Å². The molecule has 6 aliphatic rings. The van der Waals surface area contributed by atoms with Crippen molar-refractivity contribution in [3.8, 4) is 11.1 Å². The molecular weight excluding hydrogens is 1280 g/mol. The van der Waals surface area contributed by atoms with E-state index < -0.39 is 47.8 Å². The van der Waals surface area contributed by atoms with E-state index in [0.717, 1.165) is 112 Å². The van der Waals surface area contributed by atoms with Gasteiger partial charge in [0, 0.05) is 77.6 Å². The molecule has 6 aromatic rings. The smallest absolute Gasteiger partial charge is 0.359 e. The Balaban J connectivity index is 0.716. The molecule has 1 saturated heterocycles. The number of carbonyl (C=O) groups excluding carboxylic acids is 6. The SMILES string of the molecule is Cc1c(Nc2nc3ccccc3s2)nnc2c1CCCN2c1ccc(-c2cnn(CC34CC5(CCC[N+](C)(CC(=O)O)Cc6ccc(NC(=O)[C@H](CCCNC(N)=O)NC(=O)[C@@H](NC(=O)CCOCCN7C(=O)CC(C)C7=O)C(C)C)cc6)C[C@@](C)(C3)C[C@](C)(C5)C4)c2C)c(C(=O)O)n1. The molecule has 27 heteroatoms. The fraction of sp³-hybridized carbons (Fsp3) is 0.542. The van der Waals surface area contributed by atoms with Gasteiger partial charge in [0.2, 0.25) is 29.5 Å². The second-order valence-corrected chi connectivity index (χ2v) is 31.2. The van der Waals surface area contributed by atoms with Crippen molar-refractivity contribution in [2.24, 2.45) is 39.2 Å². The van der Waals surface area contributed by atoms with Crippen molar-refractivity contribution in [1.82, 2.24) is 50.8 Å². The van der Waals surface area contributed by atoms with Gasteiger partial charge in [-0.05, 0) is 155 Å². The topological polar surface area (TPSA) is 348 Å². The van der Waals surface area contributed by atoms with Crippen LogP contribution in [0, 0.1) is 47.3 Å². The number of thiazole rings is 1. The number of hydrogen-bond acceptors (Lipinski definition) is 17. The van der Waals surface area contributed by atoms with E-state index in [1.165, 1.54) is 0 Å². The summed E-state index contributed by atoms with van der Waals surface area (Å²) >= 11 is 1.55. The summed E-state index contributed by atoms with van der Waals surface area (Å²) in [5.74, 6) is -3.13. The molecule has 0 spiro atoms. The fourth-order valence-corrected chi connectivity index (χ4v) is 18.7. The van der Waals surface area contributed by atoms with Gasteiger partial charge in [-0.1, -0.05) is 70.2 Å². The number of fused-ring (bicyclic) bond motifs is 2. The highest BCUT2D eigenvalue weighted by molar-refractivity contribution is 7.22. The van der Waals surface area contributed by atoms with Crippen LogP contribution in [0.5, 0.6) is 0 Å². The van der Waals surface area contributed by atoms with E-state index in [-0.39, 0.29) is 114 Å². The first kappa shape index (κ1) is 71.3. The van der Waals surface area contributed by atoms with Crippen LogP contribution in [0.3, 0.4) is 0 Å². The molecule has 12 rings (SSSR count). The Morgan fingerprint density at radius 3 is 2.28 bits per heavy atom. The normalized spacial score (nSPS) is 22.8. The number of nitrogens with zero attached hydrogens (tertiary/aromatic N) is 9. The molecule has 0 radical (unpaired) electrons. The molecule has 2 aromatic carbocycles. The maximum absolute atomic E-state index is 14.0. The number of likely N-dealkylation sites (N-methyl/N-ethyl adjacent to an activating group) is 1. The highest BCUT2D eigenvalue weighted by Gasteiger charge is 2.65. The van der Waals surface area contributed by atoms with Crippen molar-refractivity contribution in [1.29, 1.82) is 0 Å². The minimum atomic E-state index is -1.14. The first-order valence-electron chi connectivity index (χ1n) is 34.6. The maximum atomic E-state index is 14.0. The molecule has 7 amide bonds. The number of quaternary nitrogens is 1. The average Bonchev–Trinajstić information content (AvgIpc) is 1.51. The van der Waals surface area contributed by atoms with E-state index in [1.54, 1.807) is 50.4 Å². The zero-order chi connectivity index (χ0) is 70.8. The molecule has 5 fully saturated rings. The summed E-state index contributed by atoms with van der Waals surface area (Å²) < 4.78 is 8.96. The Labute approximate surface area is 580 Å². The summed E-state index contributed by atoms with van der Waals surface area (Å²) in [5, 5.41) is 50.6. The number of nitrogens with two attached hydrogens (primary N) is 1. The number of aromatic nitrogens is 6. The van der Waals surface area contributed by atoms with Gasteiger partial charge in [-0.25, -0.2) is 24.4 Å². The number of para-hydroxylation sites is 1. The number of aromatic carboxylic acids is 1. The first-order chi connectivity index (χ1) is 47.0. The van der Waals surface area contributed by atoms with Crippen molar-refractivity contribution < 1.29 is 57.8 Å². The molecule has 26 nitrogen and oxygen atoms in total. The maximum Gasteiger partial charge on any atom is 0.359 e. The molecule has 4 saturated carbocycles. The molecule has 4 aliphatic carbocycles. The van der Waals surface area contributed by atoms with Crippen molar-refractivity contribution in [2.75, 3.05) is 68.5 Å². The van der Waals surface area contributed by atoms with E-state index in [2.05, 4.69) is 50.2 Å². The lowest BCUT2D eigenvalue weighted by Gasteiger charge is -2.70. The summed E-state index contributed by atoms with van der Waals surface area (Å²) in [5.41, 5.74) is 11.7. The van der Waals surface area contributed by atoms with Gasteiger partial charge in [0.25, 0.3) is 0 Å². The number of benzene rings is 2. The number of carbonyl (C=O) groups is 8. The number of ether oxygens (including phenoxy) is 1. The monoisotopic (exact) mass is 1380 g/mol. The number of likely N-dealkylation sites (tertiary alicyclic amines) is 1. The van der Waals surface area contributed by atoms with Crippen LogP contribution in [0.2, 0.25) is 0 Å². The van der Waals surface area contributed by atoms with E-state index in [4.69, 9.17) is 30.6 Å². The molecule has 4 aromatic heterocycles. The van der Waals surface area contributed by atoms with Crippen LogP contribution in [0.4, 0.5) is 33.1 Å². The van der Waals surface area contributed by atoms with Gasteiger partial charge in [0.1, 0.15) is 24.4 Å². The molecule has 6 heterocycles. The molecule has 9 N–H and O–H groups in total. The number of imide groups is 1. The molecule has 4 unspecified atom stereocenters. The lowest BCUT2D eigenvalue weighted by molar-refractivity contribution is -0.916. The summed E-state index contributed by atoms with van der Waals surface area (Å²) in [6.07, 6.45) is 12.1. The van der Waals surface area contributed by atoms with Crippen LogP contribution >= 0.6 is 11.3 Å². The Hall–Kier alpha value is -8.95. The molecule has 4 bridgehead atoms. The second kappa shape index (κ2) is 29.1. The highest BCUT2D eigenvalue weighted by Crippen LogP contribution is 2.75. The number of aliphatic carboxylic acids is 1. The van der Waals surface area contributed by atoms with Crippen molar-refractivity contribution >= 4 is 97.3 Å². The first-order valence-corrected chi connectivity index (χ1v) is 35.4. The predicted octanol–water partition coefficient (Wildman–Crippen LogP) is 9.18. The number of urea groups is 1. The number of carboxylic acids is 2. The molecule has 99 heavy (non-hydrogen) atoms. The lowest BCUT2D eigenvalue weighted by Crippen LogP contribution is -2.60. The van der Waals surface area contributed by atoms with Gasteiger partial charge in [-0.2, -0.15) is 5.10 Å². The highest BCUT2D eigenvalue weighted by atomic mass is 32.1. The quantitative estimate of drug-likeness (QED) is 0.0114. The number of primary amides is 1. The number of rotatable bonds is 31. The minimum Gasteiger partial charge on any atom is -0.477 e. The van der Waals surface area contributed by atoms with Crippen molar-refractivity contribution in [3.05, 3.63) is 94.9 Å². The summed E-state index contributed by atoms with van der Waals surface area (Å²) in [4.78, 5) is 115. The number of amides is 7. The zero-order valence-corrected chi connectivity index (χ0v) is 58.8. The zero-order valence-electron chi connectivity index (χ0n) is 58.0. The minimum absolute atomic E-state index is 0.0153. The number of pyridine rings is 1. The fourth-order valence-electron chi connectivity index (χ4n) is 17.8. The summed E-state index contributed by atoms with van der Waals surface area (Å²) in [6, 6.07) is 16.1. The largest absolute Gasteiger partial charge is 0.477 e. The number of hydrogen-bond donors (Lipinski definition) is 8. The van der Waals surface area contributed by atoms with Crippen LogP contribution in [-0.4, -0.2) is 162 Å². The van der Waals surface area contributed by atoms with Gasteiger partial charge in [-0.3, -0.25) is 33.6 Å². The van der Waals surface area contributed by atoms with Gasteiger partial charge < -0.3 is 56.7 Å². The number of carboxylic acid groups (broad SMARTS) is 2. The predicted molar refractivity (Wildman–Crippen MR) is 374 cm³/mol. The van der Waals surface area contributed by atoms with Crippen LogP contribution < -0.4 is 37.2 Å². The van der Waals surface area contributed by atoms with E-state index >= 15 is 0 Å². The van der Waals surface area contributed by atoms with E-state index in [0.29, 0.717) is 54.9 Å². The molecule has 2 aliphatic heterocycles. The van der Waals surface area contributed by atoms with Crippen LogP contribution in [0.25, 0.3) is 21.3 Å². The average molecular weight is 1380 g/mol. The number of nitrogens with one attached hydrogen (secondary N) is 5. The Bertz CT molecular complexity index is 4030. The second-order valence-electron chi connectivity index (χ2n) is 30.2. The third-order valence-electron chi connectivity index (χ3n) is 20.9. The van der Waals surface area contributed by atoms with Gasteiger partial charge in [-0.15, -0.1) is 10.2 Å². The Morgan fingerprint density at radius 1 is 0.859 bits per heavy atom. The Kier molecular flexibility index (Phi) is 21.0. The number of anilines is 5. The summed E-state index contributed by atoms with van der Waals surface area (Å²) in [6.45, 7) is 16.7. The third-order valence-corrected chi connectivity index (χ3v) is 21.9. The molecule has 528 valence electrons. The van der Waals surface area contributed by atoms with Crippen molar-refractivity contribution in [2.45, 2.75) is 164 Å². The van der Waals surface area contributed by atoms with Gasteiger partial charge in [0.05, 0.1) is 49.8 Å². The Morgan fingerprint density at radius 2 is 1.60 bits per heavy atom. The lowest BCUT2D eigenvalue weighted by atomic mass is 9.35. The van der Waals surface area contributed by atoms with Crippen LogP contribution in [0.15, 0.2) is 66.9 Å². The van der Waals surface area contributed by atoms with E-state index in [9.17, 15) is 48.6 Å². The third kappa shape index (κ3) is 16.4. The van der Waals surface area contributed by atoms with Gasteiger partial charge >= 0.3 is 18.0 Å². The van der Waals surface area contributed by atoms with Crippen LogP contribution in [-0.2, 0) is 53.0 Å².